The first-order valence-electron chi connectivity index (χ1n) is 10.9. The highest BCUT2D eigenvalue weighted by atomic mass is 16.3. The molecule has 4 rings (SSSR count). The third-order valence-electron chi connectivity index (χ3n) is 5.99. The molecule has 9 heteroatoms. The summed E-state index contributed by atoms with van der Waals surface area (Å²) in [5.41, 5.74) is 1.37. The molecule has 3 heterocycles. The zero-order valence-corrected chi connectivity index (χ0v) is 19.0. The van der Waals surface area contributed by atoms with E-state index in [4.69, 9.17) is 0 Å². The van der Waals surface area contributed by atoms with Crippen LogP contribution in [0.25, 0.3) is 0 Å². The van der Waals surface area contributed by atoms with Gasteiger partial charge in [0.25, 0.3) is 11.8 Å². The van der Waals surface area contributed by atoms with Crippen LogP contribution in [-0.2, 0) is 13.5 Å². The molecule has 1 aromatic carbocycles. The summed E-state index contributed by atoms with van der Waals surface area (Å²) in [5, 5.41) is 21.1. The predicted molar refractivity (Wildman–Crippen MR) is 123 cm³/mol. The van der Waals surface area contributed by atoms with Gasteiger partial charge in [0.1, 0.15) is 17.8 Å². The molecule has 0 spiro atoms. The van der Waals surface area contributed by atoms with E-state index in [0.717, 1.165) is 17.8 Å². The van der Waals surface area contributed by atoms with Crippen molar-refractivity contribution in [3.63, 3.8) is 0 Å². The Hall–Kier alpha value is -3.59. The van der Waals surface area contributed by atoms with Crippen molar-refractivity contribution in [1.29, 1.82) is 0 Å². The van der Waals surface area contributed by atoms with Gasteiger partial charge >= 0.3 is 0 Å². The Labute approximate surface area is 192 Å². The van der Waals surface area contributed by atoms with E-state index in [1.54, 1.807) is 24.2 Å². The Morgan fingerprint density at radius 3 is 2.79 bits per heavy atom. The van der Waals surface area contributed by atoms with E-state index < -0.39 is 11.5 Å². The SMILES string of the molecule is C[C@H](Cc1nncn1C)c1cccc(NC(=O)c2cc(C(=O)N3CC[C@](C)(O)C3)ccn2)c1. The molecule has 0 bridgehead atoms. The average molecular weight is 449 g/mol. The van der Waals surface area contributed by atoms with E-state index in [1.165, 1.54) is 12.3 Å². The van der Waals surface area contributed by atoms with Crippen molar-refractivity contribution in [2.45, 2.75) is 38.2 Å². The number of carbonyl (C=O) groups is 2. The molecule has 1 aliphatic rings. The van der Waals surface area contributed by atoms with Gasteiger partial charge in [-0.3, -0.25) is 14.6 Å². The highest BCUT2D eigenvalue weighted by molar-refractivity contribution is 6.04. The molecule has 3 aromatic rings. The van der Waals surface area contributed by atoms with Crippen molar-refractivity contribution in [3.8, 4) is 0 Å². The molecule has 9 nitrogen and oxygen atoms in total. The van der Waals surface area contributed by atoms with E-state index in [2.05, 4.69) is 27.4 Å². The van der Waals surface area contributed by atoms with Crippen LogP contribution in [0.4, 0.5) is 5.69 Å². The predicted octanol–water partition coefficient (Wildman–Crippen LogP) is 2.41. The number of pyridine rings is 1. The summed E-state index contributed by atoms with van der Waals surface area (Å²) in [5.74, 6) is 0.462. The molecular weight excluding hydrogens is 420 g/mol. The summed E-state index contributed by atoms with van der Waals surface area (Å²) >= 11 is 0. The number of likely N-dealkylation sites (tertiary alicyclic amines) is 1. The number of hydrogen-bond acceptors (Lipinski definition) is 6. The highest BCUT2D eigenvalue weighted by Gasteiger charge is 2.34. The zero-order chi connectivity index (χ0) is 23.6. The van der Waals surface area contributed by atoms with Crippen molar-refractivity contribution < 1.29 is 14.7 Å². The number of anilines is 1. The molecular formula is C24H28N6O3. The minimum atomic E-state index is -0.877. The summed E-state index contributed by atoms with van der Waals surface area (Å²) in [6.07, 6.45) is 4.39. The number of aromatic nitrogens is 4. The quantitative estimate of drug-likeness (QED) is 0.599. The zero-order valence-electron chi connectivity index (χ0n) is 19.0. The Morgan fingerprint density at radius 1 is 1.27 bits per heavy atom. The van der Waals surface area contributed by atoms with E-state index in [0.29, 0.717) is 24.2 Å². The van der Waals surface area contributed by atoms with Gasteiger partial charge in [0.05, 0.1) is 5.60 Å². The number of rotatable bonds is 6. The molecule has 0 unspecified atom stereocenters. The standard InChI is InChI=1S/C24H28N6O3/c1-16(11-21-28-26-15-29(21)3)17-5-4-6-19(12-17)27-22(31)20-13-18(7-9-25-20)23(32)30-10-8-24(2,33)14-30/h4-7,9,12-13,15-16,33H,8,10-11,14H2,1-3H3,(H,27,31)/t16-,24+/m1/s1. The van der Waals surface area contributed by atoms with Crippen molar-refractivity contribution in [2.24, 2.45) is 7.05 Å². The molecule has 33 heavy (non-hydrogen) atoms. The molecule has 1 aliphatic heterocycles. The smallest absolute Gasteiger partial charge is 0.274 e. The Kier molecular flexibility index (Phi) is 6.24. The number of nitrogens with one attached hydrogen (secondary N) is 1. The van der Waals surface area contributed by atoms with E-state index in [-0.39, 0.29) is 24.1 Å². The fourth-order valence-electron chi connectivity index (χ4n) is 3.99. The van der Waals surface area contributed by atoms with Gasteiger partial charge in [-0.1, -0.05) is 19.1 Å². The Bertz CT molecular complexity index is 1170. The van der Waals surface area contributed by atoms with Gasteiger partial charge in [-0.25, -0.2) is 0 Å². The summed E-state index contributed by atoms with van der Waals surface area (Å²) in [7, 11) is 1.91. The van der Waals surface area contributed by atoms with E-state index in [1.807, 2.05) is 35.9 Å². The van der Waals surface area contributed by atoms with Gasteiger partial charge in [-0.15, -0.1) is 10.2 Å². The van der Waals surface area contributed by atoms with E-state index in [9.17, 15) is 14.7 Å². The third-order valence-corrected chi connectivity index (χ3v) is 5.99. The number of benzene rings is 1. The van der Waals surface area contributed by atoms with Gasteiger partial charge < -0.3 is 19.9 Å². The molecule has 1 saturated heterocycles. The fourth-order valence-corrected chi connectivity index (χ4v) is 3.99. The van der Waals surface area contributed by atoms with Crippen molar-refractivity contribution in [1.82, 2.24) is 24.6 Å². The van der Waals surface area contributed by atoms with Gasteiger partial charge in [-0.05, 0) is 49.1 Å². The molecule has 0 aliphatic carbocycles. The van der Waals surface area contributed by atoms with Crippen LogP contribution in [0.1, 0.15) is 58.4 Å². The first-order valence-corrected chi connectivity index (χ1v) is 10.9. The lowest BCUT2D eigenvalue weighted by molar-refractivity contribution is 0.0572. The molecule has 1 fully saturated rings. The van der Waals surface area contributed by atoms with Crippen LogP contribution in [0.15, 0.2) is 48.9 Å². The maximum atomic E-state index is 12.8. The second-order valence-corrected chi connectivity index (χ2v) is 8.95. The minimum Gasteiger partial charge on any atom is -0.388 e. The summed E-state index contributed by atoms with van der Waals surface area (Å²) in [6.45, 7) is 4.57. The molecule has 2 N–H and O–H groups in total. The lowest BCUT2D eigenvalue weighted by Crippen LogP contribution is -2.34. The van der Waals surface area contributed by atoms with E-state index >= 15 is 0 Å². The van der Waals surface area contributed by atoms with Crippen LogP contribution >= 0.6 is 0 Å². The summed E-state index contributed by atoms with van der Waals surface area (Å²) < 4.78 is 1.89. The Balaban J connectivity index is 1.44. The van der Waals surface area contributed by atoms with Gasteiger partial charge in [-0.2, -0.15) is 0 Å². The molecule has 2 amide bonds. The molecule has 172 valence electrons. The van der Waals surface area contributed by atoms with Gasteiger partial charge in [0.2, 0.25) is 0 Å². The van der Waals surface area contributed by atoms with Crippen LogP contribution in [0, 0.1) is 0 Å². The number of β-amino-alcohol motifs (C(OH)–C–C–N with tert-alkyl or cyclic N) is 1. The Morgan fingerprint density at radius 2 is 2.09 bits per heavy atom. The number of carbonyl (C=O) groups excluding carboxylic acids is 2. The van der Waals surface area contributed by atoms with Crippen LogP contribution in [0.5, 0.6) is 0 Å². The van der Waals surface area contributed by atoms with Crippen molar-refractivity contribution in [3.05, 3.63) is 71.6 Å². The first-order chi connectivity index (χ1) is 15.7. The van der Waals surface area contributed by atoms with Crippen molar-refractivity contribution >= 4 is 17.5 Å². The van der Waals surface area contributed by atoms with Gasteiger partial charge in [0.15, 0.2) is 0 Å². The summed E-state index contributed by atoms with van der Waals surface area (Å²) in [4.78, 5) is 31.4. The molecule has 0 saturated carbocycles. The molecule has 2 atom stereocenters. The normalized spacial score (nSPS) is 18.8. The first kappa shape index (κ1) is 22.6. The lowest BCUT2D eigenvalue weighted by Gasteiger charge is -2.19. The average Bonchev–Trinajstić information content (AvgIpc) is 3.37. The maximum absolute atomic E-state index is 12.8. The number of nitrogens with zero attached hydrogens (tertiary/aromatic N) is 5. The number of hydrogen-bond donors (Lipinski definition) is 2. The topological polar surface area (TPSA) is 113 Å². The highest BCUT2D eigenvalue weighted by Crippen LogP contribution is 2.24. The second kappa shape index (κ2) is 9.11. The number of aryl methyl sites for hydroxylation is 1. The second-order valence-electron chi connectivity index (χ2n) is 8.95. The maximum Gasteiger partial charge on any atom is 0.274 e. The number of amides is 2. The van der Waals surface area contributed by atoms with Crippen molar-refractivity contribution in [2.75, 3.05) is 18.4 Å². The van der Waals surface area contributed by atoms with Crippen LogP contribution in [0.3, 0.4) is 0 Å². The fraction of sp³-hybridized carbons (Fsp3) is 0.375. The van der Waals surface area contributed by atoms with Crippen LogP contribution in [0.2, 0.25) is 0 Å². The molecule has 0 radical (unpaired) electrons. The lowest BCUT2D eigenvalue weighted by atomic mass is 9.97. The third kappa shape index (κ3) is 5.25. The minimum absolute atomic E-state index is 0.157. The number of aliphatic hydroxyl groups is 1. The van der Waals surface area contributed by atoms with Crippen LogP contribution < -0.4 is 5.32 Å². The van der Waals surface area contributed by atoms with Crippen LogP contribution in [-0.4, -0.2) is 60.3 Å². The molecule has 2 aromatic heterocycles. The monoisotopic (exact) mass is 448 g/mol. The van der Waals surface area contributed by atoms with Gasteiger partial charge in [0, 0.05) is 44.0 Å². The largest absolute Gasteiger partial charge is 0.388 e. The summed E-state index contributed by atoms with van der Waals surface area (Å²) in [6, 6.07) is 10.7.